The third-order valence-corrected chi connectivity index (χ3v) is 4.20. The molecule has 25 heavy (non-hydrogen) atoms. The standard InChI is InChI=1S/C20H25NO4/c1-23-20-11-17(12-21-9-10-24-15-18(22)13-21)7-8-19(20)25-14-16-5-3-2-4-6-16/h2-8,11,18,22H,9-10,12-15H2,1H3. The molecule has 1 fully saturated rings. The molecule has 1 atom stereocenters. The number of methoxy groups -OCH3 is 1. The van der Waals surface area contributed by atoms with Gasteiger partial charge >= 0.3 is 0 Å². The van der Waals surface area contributed by atoms with Crippen LogP contribution in [0.4, 0.5) is 0 Å². The fourth-order valence-electron chi connectivity index (χ4n) is 2.92. The molecule has 0 aromatic heterocycles. The SMILES string of the molecule is COc1cc(CN2CCOCC(O)C2)ccc1OCc1ccccc1. The highest BCUT2D eigenvalue weighted by molar-refractivity contribution is 5.43. The van der Waals surface area contributed by atoms with Gasteiger partial charge in [0.1, 0.15) is 6.61 Å². The van der Waals surface area contributed by atoms with E-state index in [1.54, 1.807) is 7.11 Å². The number of aliphatic hydroxyl groups excluding tert-OH is 1. The number of β-amino-alcohol motifs (C(OH)–C–C–N with tert-alkyl or cyclic N) is 1. The van der Waals surface area contributed by atoms with Crippen molar-refractivity contribution in [2.75, 3.05) is 33.4 Å². The zero-order valence-corrected chi connectivity index (χ0v) is 14.6. The van der Waals surface area contributed by atoms with Gasteiger partial charge in [-0.15, -0.1) is 0 Å². The van der Waals surface area contributed by atoms with Gasteiger partial charge < -0.3 is 19.3 Å². The lowest BCUT2D eigenvalue weighted by Crippen LogP contribution is -2.32. The maximum Gasteiger partial charge on any atom is 0.161 e. The Morgan fingerprint density at radius 1 is 1.12 bits per heavy atom. The van der Waals surface area contributed by atoms with E-state index in [0.717, 1.165) is 35.7 Å². The number of hydrogen-bond acceptors (Lipinski definition) is 5. The van der Waals surface area contributed by atoms with E-state index in [9.17, 15) is 5.11 Å². The highest BCUT2D eigenvalue weighted by Gasteiger charge is 2.17. The summed E-state index contributed by atoms with van der Waals surface area (Å²) in [7, 11) is 1.65. The first-order valence-electron chi connectivity index (χ1n) is 8.56. The molecule has 5 heteroatoms. The van der Waals surface area contributed by atoms with Crippen LogP contribution in [0.15, 0.2) is 48.5 Å². The van der Waals surface area contributed by atoms with E-state index in [-0.39, 0.29) is 0 Å². The average Bonchev–Trinajstić information content (AvgIpc) is 2.85. The predicted octanol–water partition coefficient (Wildman–Crippen LogP) is 2.47. The largest absolute Gasteiger partial charge is 0.493 e. The van der Waals surface area contributed by atoms with Crippen molar-refractivity contribution in [3.8, 4) is 11.5 Å². The molecule has 3 rings (SSSR count). The maximum atomic E-state index is 9.85. The number of ether oxygens (including phenoxy) is 3. The van der Waals surface area contributed by atoms with Crippen LogP contribution in [-0.4, -0.2) is 49.5 Å². The van der Waals surface area contributed by atoms with E-state index in [1.165, 1.54) is 0 Å². The second-order valence-electron chi connectivity index (χ2n) is 6.22. The first-order chi connectivity index (χ1) is 12.2. The molecule has 0 aliphatic carbocycles. The van der Waals surface area contributed by atoms with Crippen molar-refractivity contribution >= 4 is 0 Å². The minimum atomic E-state index is -0.433. The molecule has 2 aromatic carbocycles. The van der Waals surface area contributed by atoms with Crippen LogP contribution in [0.2, 0.25) is 0 Å². The van der Waals surface area contributed by atoms with E-state index >= 15 is 0 Å². The van der Waals surface area contributed by atoms with Crippen molar-refractivity contribution in [1.82, 2.24) is 4.90 Å². The van der Waals surface area contributed by atoms with E-state index < -0.39 is 6.10 Å². The van der Waals surface area contributed by atoms with Crippen LogP contribution in [0.3, 0.4) is 0 Å². The quantitative estimate of drug-likeness (QED) is 0.873. The highest BCUT2D eigenvalue weighted by Crippen LogP contribution is 2.29. The molecule has 134 valence electrons. The summed E-state index contributed by atoms with van der Waals surface area (Å²) in [5.41, 5.74) is 2.24. The first-order valence-corrected chi connectivity index (χ1v) is 8.56. The molecule has 1 saturated heterocycles. The Balaban J connectivity index is 1.64. The number of rotatable bonds is 6. The highest BCUT2D eigenvalue weighted by atomic mass is 16.5. The van der Waals surface area contributed by atoms with Gasteiger partial charge in [0.05, 0.1) is 26.4 Å². The van der Waals surface area contributed by atoms with Gasteiger partial charge in [-0.05, 0) is 23.3 Å². The number of aliphatic hydroxyl groups is 1. The van der Waals surface area contributed by atoms with Crippen molar-refractivity contribution in [2.45, 2.75) is 19.3 Å². The summed E-state index contributed by atoms with van der Waals surface area (Å²) in [6, 6.07) is 16.0. The molecule has 1 unspecified atom stereocenters. The zero-order chi connectivity index (χ0) is 17.5. The Labute approximate surface area is 148 Å². The summed E-state index contributed by atoms with van der Waals surface area (Å²) in [6.07, 6.45) is -0.433. The Kier molecular flexibility index (Phi) is 6.28. The number of hydrogen-bond donors (Lipinski definition) is 1. The van der Waals surface area contributed by atoms with Crippen molar-refractivity contribution in [3.05, 3.63) is 59.7 Å². The summed E-state index contributed by atoms with van der Waals surface area (Å²) < 4.78 is 16.8. The van der Waals surface area contributed by atoms with E-state index in [4.69, 9.17) is 14.2 Å². The molecule has 0 bridgehead atoms. The van der Waals surface area contributed by atoms with Gasteiger partial charge in [0, 0.05) is 19.6 Å². The lowest BCUT2D eigenvalue weighted by Gasteiger charge is -2.21. The molecule has 0 spiro atoms. The summed E-state index contributed by atoms with van der Waals surface area (Å²) in [5.74, 6) is 1.45. The molecule has 5 nitrogen and oxygen atoms in total. The minimum absolute atomic E-state index is 0.409. The maximum absolute atomic E-state index is 9.85. The normalized spacial score (nSPS) is 18.6. The summed E-state index contributed by atoms with van der Waals surface area (Å²) in [6.45, 7) is 3.74. The van der Waals surface area contributed by atoms with Gasteiger partial charge in [0.2, 0.25) is 0 Å². The molecule has 1 aliphatic heterocycles. The van der Waals surface area contributed by atoms with Gasteiger partial charge in [-0.2, -0.15) is 0 Å². The Bertz CT molecular complexity index is 662. The Morgan fingerprint density at radius 3 is 2.76 bits per heavy atom. The van der Waals surface area contributed by atoms with E-state index in [1.807, 2.05) is 48.5 Å². The summed E-state index contributed by atoms with van der Waals surface area (Å²) in [4.78, 5) is 2.19. The molecule has 1 N–H and O–H groups in total. The van der Waals surface area contributed by atoms with Crippen LogP contribution >= 0.6 is 0 Å². The molecule has 1 heterocycles. The summed E-state index contributed by atoms with van der Waals surface area (Å²) in [5, 5.41) is 9.85. The van der Waals surface area contributed by atoms with E-state index in [0.29, 0.717) is 26.4 Å². The molecular formula is C20H25NO4. The minimum Gasteiger partial charge on any atom is -0.493 e. The van der Waals surface area contributed by atoms with Crippen molar-refractivity contribution in [2.24, 2.45) is 0 Å². The van der Waals surface area contributed by atoms with Gasteiger partial charge in [0.15, 0.2) is 11.5 Å². The van der Waals surface area contributed by atoms with E-state index in [2.05, 4.69) is 4.90 Å². The van der Waals surface area contributed by atoms with Crippen LogP contribution in [0, 0.1) is 0 Å². The molecule has 0 saturated carbocycles. The smallest absolute Gasteiger partial charge is 0.161 e. The van der Waals surface area contributed by atoms with Gasteiger partial charge in [0.25, 0.3) is 0 Å². The Morgan fingerprint density at radius 2 is 1.96 bits per heavy atom. The third kappa shape index (κ3) is 5.19. The third-order valence-electron chi connectivity index (χ3n) is 4.20. The molecule has 1 aliphatic rings. The zero-order valence-electron chi connectivity index (χ0n) is 14.6. The predicted molar refractivity (Wildman–Crippen MR) is 95.9 cm³/mol. The Hall–Kier alpha value is -2.08. The van der Waals surface area contributed by atoms with Gasteiger partial charge in [-0.1, -0.05) is 36.4 Å². The van der Waals surface area contributed by atoms with Gasteiger partial charge in [-0.3, -0.25) is 4.90 Å². The van der Waals surface area contributed by atoms with Crippen molar-refractivity contribution < 1.29 is 19.3 Å². The fourth-order valence-corrected chi connectivity index (χ4v) is 2.92. The van der Waals surface area contributed by atoms with Crippen molar-refractivity contribution in [3.63, 3.8) is 0 Å². The van der Waals surface area contributed by atoms with Crippen LogP contribution < -0.4 is 9.47 Å². The van der Waals surface area contributed by atoms with Gasteiger partial charge in [-0.25, -0.2) is 0 Å². The molecule has 2 aromatic rings. The molecular weight excluding hydrogens is 318 g/mol. The first kappa shape index (κ1) is 17.7. The fraction of sp³-hybridized carbons (Fsp3) is 0.400. The van der Waals surface area contributed by atoms with Crippen LogP contribution in [0.5, 0.6) is 11.5 Å². The second-order valence-corrected chi connectivity index (χ2v) is 6.22. The lowest BCUT2D eigenvalue weighted by molar-refractivity contribution is 0.0562. The topological polar surface area (TPSA) is 51.2 Å². The second kappa shape index (κ2) is 8.85. The van der Waals surface area contributed by atoms with Crippen LogP contribution in [0.25, 0.3) is 0 Å². The lowest BCUT2D eigenvalue weighted by atomic mass is 10.1. The van der Waals surface area contributed by atoms with Crippen molar-refractivity contribution in [1.29, 1.82) is 0 Å². The average molecular weight is 343 g/mol. The number of nitrogens with zero attached hydrogens (tertiary/aromatic N) is 1. The van der Waals surface area contributed by atoms with Crippen LogP contribution in [-0.2, 0) is 17.9 Å². The summed E-state index contributed by atoms with van der Waals surface area (Å²) >= 11 is 0. The molecule has 0 radical (unpaired) electrons. The monoisotopic (exact) mass is 343 g/mol. The molecule has 0 amide bonds. The van der Waals surface area contributed by atoms with Crippen LogP contribution in [0.1, 0.15) is 11.1 Å². The number of benzene rings is 2.